The molecule has 0 saturated carbocycles. The van der Waals surface area contributed by atoms with Crippen molar-refractivity contribution in [3.63, 3.8) is 0 Å². The van der Waals surface area contributed by atoms with E-state index in [1.807, 2.05) is 0 Å². The van der Waals surface area contributed by atoms with Gasteiger partial charge in [-0.05, 0) is 65.1 Å². The summed E-state index contributed by atoms with van der Waals surface area (Å²) in [5, 5.41) is 3.53. The van der Waals surface area contributed by atoms with Crippen LogP contribution in [0.5, 0.6) is 0 Å². The third kappa shape index (κ3) is 3.94. The van der Waals surface area contributed by atoms with Crippen LogP contribution in [-0.4, -0.2) is 49.3 Å². The maximum atomic E-state index is 5.86. The third-order valence-corrected chi connectivity index (χ3v) is 4.49. The average molecular weight is 254 g/mol. The molecule has 2 aliphatic rings. The Bertz CT molecular complexity index is 231. The zero-order chi connectivity index (χ0) is 13.0. The quantitative estimate of drug-likeness (QED) is 0.833. The van der Waals surface area contributed by atoms with Crippen molar-refractivity contribution >= 4 is 0 Å². The smallest absolute Gasteiger partial charge is 0.0565 e. The summed E-state index contributed by atoms with van der Waals surface area (Å²) in [7, 11) is 0. The molecule has 2 heterocycles. The molecule has 0 aliphatic carbocycles. The molecular formula is C15H30N2O. The van der Waals surface area contributed by atoms with Gasteiger partial charge >= 0.3 is 0 Å². The van der Waals surface area contributed by atoms with E-state index in [2.05, 4.69) is 31.0 Å². The lowest BCUT2D eigenvalue weighted by Crippen LogP contribution is -2.47. The molecule has 106 valence electrons. The molecular weight excluding hydrogens is 224 g/mol. The van der Waals surface area contributed by atoms with Gasteiger partial charge < -0.3 is 15.0 Å². The second kappa shape index (κ2) is 6.88. The fourth-order valence-electron chi connectivity index (χ4n) is 3.62. The summed E-state index contributed by atoms with van der Waals surface area (Å²) in [6, 6.07) is 0.732. The van der Waals surface area contributed by atoms with Crippen LogP contribution in [0.25, 0.3) is 0 Å². The van der Waals surface area contributed by atoms with Crippen LogP contribution in [0.1, 0.15) is 46.5 Å². The number of hydrogen-bond acceptors (Lipinski definition) is 3. The van der Waals surface area contributed by atoms with Gasteiger partial charge in [0.1, 0.15) is 0 Å². The lowest BCUT2D eigenvalue weighted by Gasteiger charge is -2.41. The minimum Gasteiger partial charge on any atom is -0.375 e. The Morgan fingerprint density at radius 2 is 1.94 bits per heavy atom. The van der Waals surface area contributed by atoms with Gasteiger partial charge in [-0.25, -0.2) is 0 Å². The molecule has 18 heavy (non-hydrogen) atoms. The lowest BCUT2D eigenvalue weighted by atomic mass is 9.94. The molecule has 3 heteroatoms. The average Bonchev–Trinajstić information content (AvgIpc) is 2.36. The SMILES string of the molecule is CCN(CC1CCCNC1)C1CC(C)OC(C)C1. The van der Waals surface area contributed by atoms with Crippen molar-refractivity contribution < 1.29 is 4.74 Å². The fourth-order valence-corrected chi connectivity index (χ4v) is 3.62. The van der Waals surface area contributed by atoms with Crippen molar-refractivity contribution in [1.82, 2.24) is 10.2 Å². The van der Waals surface area contributed by atoms with E-state index in [9.17, 15) is 0 Å². The van der Waals surface area contributed by atoms with Gasteiger partial charge in [0, 0.05) is 12.6 Å². The summed E-state index contributed by atoms with van der Waals surface area (Å²) in [5.74, 6) is 0.854. The van der Waals surface area contributed by atoms with E-state index in [4.69, 9.17) is 4.74 Å². The molecule has 0 spiro atoms. The number of piperidine rings is 1. The Morgan fingerprint density at radius 1 is 1.22 bits per heavy atom. The summed E-state index contributed by atoms with van der Waals surface area (Å²) in [6.07, 6.45) is 6.02. The van der Waals surface area contributed by atoms with Crippen molar-refractivity contribution in [3.05, 3.63) is 0 Å². The highest BCUT2D eigenvalue weighted by Gasteiger charge is 2.29. The van der Waals surface area contributed by atoms with Gasteiger partial charge in [-0.1, -0.05) is 6.92 Å². The molecule has 0 aromatic heterocycles. The molecule has 2 fully saturated rings. The highest BCUT2D eigenvalue weighted by molar-refractivity contribution is 4.83. The first-order valence-electron chi connectivity index (χ1n) is 7.79. The van der Waals surface area contributed by atoms with Crippen molar-refractivity contribution in [2.45, 2.75) is 64.7 Å². The highest BCUT2D eigenvalue weighted by atomic mass is 16.5. The normalized spacial score (nSPS) is 38.0. The maximum absolute atomic E-state index is 5.86. The first-order valence-corrected chi connectivity index (χ1v) is 7.79. The van der Waals surface area contributed by atoms with Crippen molar-refractivity contribution in [2.24, 2.45) is 5.92 Å². The van der Waals surface area contributed by atoms with Crippen molar-refractivity contribution in [1.29, 1.82) is 0 Å². The van der Waals surface area contributed by atoms with Crippen LogP contribution in [0.15, 0.2) is 0 Å². The molecule has 0 bridgehead atoms. The van der Waals surface area contributed by atoms with Gasteiger partial charge in [-0.2, -0.15) is 0 Å². The summed E-state index contributed by atoms with van der Waals surface area (Å²) < 4.78 is 5.86. The Balaban J connectivity index is 1.86. The van der Waals surface area contributed by atoms with Crippen LogP contribution < -0.4 is 5.32 Å². The predicted molar refractivity (Wildman–Crippen MR) is 75.9 cm³/mol. The first kappa shape index (κ1) is 14.3. The molecule has 0 aromatic carbocycles. The second-order valence-electron chi connectivity index (χ2n) is 6.18. The molecule has 0 radical (unpaired) electrons. The summed E-state index contributed by atoms with van der Waals surface area (Å²) in [5.41, 5.74) is 0. The van der Waals surface area contributed by atoms with E-state index in [1.54, 1.807) is 0 Å². The van der Waals surface area contributed by atoms with Gasteiger partial charge in [0.2, 0.25) is 0 Å². The molecule has 2 aliphatic heterocycles. The van der Waals surface area contributed by atoms with Gasteiger partial charge in [0.15, 0.2) is 0 Å². The van der Waals surface area contributed by atoms with Crippen LogP contribution in [-0.2, 0) is 4.74 Å². The number of nitrogens with one attached hydrogen (secondary N) is 1. The zero-order valence-corrected chi connectivity index (χ0v) is 12.3. The number of nitrogens with zero attached hydrogens (tertiary/aromatic N) is 1. The Morgan fingerprint density at radius 3 is 2.50 bits per heavy atom. The van der Waals surface area contributed by atoms with Crippen LogP contribution in [0.2, 0.25) is 0 Å². The van der Waals surface area contributed by atoms with Gasteiger partial charge in [0.05, 0.1) is 12.2 Å². The van der Waals surface area contributed by atoms with Crippen molar-refractivity contribution in [2.75, 3.05) is 26.2 Å². The number of hydrogen-bond donors (Lipinski definition) is 1. The van der Waals surface area contributed by atoms with E-state index in [0.717, 1.165) is 12.0 Å². The fraction of sp³-hybridized carbons (Fsp3) is 1.00. The van der Waals surface area contributed by atoms with E-state index in [1.165, 1.54) is 51.9 Å². The maximum Gasteiger partial charge on any atom is 0.0565 e. The highest BCUT2D eigenvalue weighted by Crippen LogP contribution is 2.25. The van der Waals surface area contributed by atoms with Crippen LogP contribution >= 0.6 is 0 Å². The summed E-state index contributed by atoms with van der Waals surface area (Å²) in [6.45, 7) is 11.6. The number of rotatable bonds is 4. The Labute approximate surface area is 112 Å². The molecule has 1 N–H and O–H groups in total. The molecule has 2 rings (SSSR count). The minimum absolute atomic E-state index is 0.428. The van der Waals surface area contributed by atoms with Crippen LogP contribution in [0.3, 0.4) is 0 Å². The van der Waals surface area contributed by atoms with E-state index in [0.29, 0.717) is 12.2 Å². The Hall–Kier alpha value is -0.120. The largest absolute Gasteiger partial charge is 0.375 e. The molecule has 0 amide bonds. The third-order valence-electron chi connectivity index (χ3n) is 4.49. The molecule has 2 saturated heterocycles. The van der Waals surface area contributed by atoms with Gasteiger partial charge in [-0.3, -0.25) is 0 Å². The first-order chi connectivity index (χ1) is 8.69. The zero-order valence-electron chi connectivity index (χ0n) is 12.3. The van der Waals surface area contributed by atoms with Crippen LogP contribution in [0.4, 0.5) is 0 Å². The standard InChI is InChI=1S/C15H30N2O/c1-4-17(11-14-6-5-7-16-10-14)15-8-12(2)18-13(3)9-15/h12-16H,4-11H2,1-3H3. The molecule has 3 unspecified atom stereocenters. The summed E-state index contributed by atoms with van der Waals surface area (Å²) in [4.78, 5) is 2.70. The van der Waals surface area contributed by atoms with Gasteiger partial charge in [0.25, 0.3) is 0 Å². The second-order valence-corrected chi connectivity index (χ2v) is 6.18. The van der Waals surface area contributed by atoms with Crippen molar-refractivity contribution in [3.8, 4) is 0 Å². The molecule has 3 atom stereocenters. The van der Waals surface area contributed by atoms with E-state index in [-0.39, 0.29) is 0 Å². The number of ether oxygens (including phenoxy) is 1. The monoisotopic (exact) mass is 254 g/mol. The van der Waals surface area contributed by atoms with E-state index < -0.39 is 0 Å². The molecule has 0 aromatic rings. The minimum atomic E-state index is 0.428. The van der Waals surface area contributed by atoms with Crippen LogP contribution in [0, 0.1) is 5.92 Å². The topological polar surface area (TPSA) is 24.5 Å². The predicted octanol–water partition coefficient (Wildman–Crippen LogP) is 2.26. The molecule has 3 nitrogen and oxygen atoms in total. The van der Waals surface area contributed by atoms with Gasteiger partial charge in [-0.15, -0.1) is 0 Å². The van der Waals surface area contributed by atoms with E-state index >= 15 is 0 Å². The Kier molecular flexibility index (Phi) is 5.46. The summed E-state index contributed by atoms with van der Waals surface area (Å²) >= 11 is 0. The lowest BCUT2D eigenvalue weighted by molar-refractivity contribution is -0.0667.